The molecule has 1 heterocycles. The zero-order valence-electron chi connectivity index (χ0n) is 10.1. The van der Waals surface area contributed by atoms with Gasteiger partial charge < -0.3 is 4.57 Å². The average molecular weight is 247 g/mol. The number of hydrogen-bond donors (Lipinski definition) is 0. The second-order valence-corrected chi connectivity index (χ2v) is 5.33. The first-order chi connectivity index (χ1) is 8.33. The summed E-state index contributed by atoms with van der Waals surface area (Å²) >= 11 is 1.92. The first-order valence-corrected chi connectivity index (χ1v) is 7.14. The quantitative estimate of drug-likeness (QED) is 0.757. The van der Waals surface area contributed by atoms with E-state index < -0.39 is 0 Å². The number of pyridine rings is 1. The van der Waals surface area contributed by atoms with Crippen molar-refractivity contribution in [2.45, 2.75) is 19.9 Å². The molecular formula is C14H17NOS. The Morgan fingerprint density at radius 3 is 2.82 bits per heavy atom. The monoisotopic (exact) mass is 247 g/mol. The van der Waals surface area contributed by atoms with Crippen molar-refractivity contribution in [1.29, 1.82) is 0 Å². The largest absolute Gasteiger partial charge is 0.308 e. The predicted molar refractivity (Wildman–Crippen MR) is 75.8 cm³/mol. The van der Waals surface area contributed by atoms with Gasteiger partial charge in [-0.1, -0.05) is 25.1 Å². The summed E-state index contributed by atoms with van der Waals surface area (Å²) in [6.45, 7) is 2.97. The van der Waals surface area contributed by atoms with Gasteiger partial charge in [-0.2, -0.15) is 11.8 Å². The fourth-order valence-corrected chi connectivity index (χ4v) is 2.57. The van der Waals surface area contributed by atoms with E-state index in [4.69, 9.17) is 0 Å². The molecule has 2 aromatic rings. The number of para-hydroxylation sites is 1. The first kappa shape index (κ1) is 12.2. The number of aromatic nitrogens is 1. The fraction of sp³-hybridized carbons (Fsp3) is 0.357. The number of rotatable bonds is 5. The van der Waals surface area contributed by atoms with Crippen LogP contribution in [0.2, 0.25) is 0 Å². The second-order valence-electron chi connectivity index (χ2n) is 3.93. The molecule has 0 unspecified atom stereocenters. The van der Waals surface area contributed by atoms with E-state index in [9.17, 15) is 4.79 Å². The number of nitrogens with zero attached hydrogens (tertiary/aromatic N) is 1. The molecule has 0 fully saturated rings. The molecule has 0 saturated carbocycles. The minimum atomic E-state index is 0.102. The number of benzene rings is 1. The highest BCUT2D eigenvalue weighted by molar-refractivity contribution is 7.99. The Balaban J connectivity index is 2.25. The molecule has 0 bridgehead atoms. The molecule has 3 heteroatoms. The van der Waals surface area contributed by atoms with E-state index in [0.29, 0.717) is 0 Å². The van der Waals surface area contributed by atoms with Crippen LogP contribution in [0.15, 0.2) is 41.2 Å². The van der Waals surface area contributed by atoms with Gasteiger partial charge in [0.1, 0.15) is 0 Å². The Kier molecular flexibility index (Phi) is 4.26. The van der Waals surface area contributed by atoms with E-state index >= 15 is 0 Å². The minimum absolute atomic E-state index is 0.102. The lowest BCUT2D eigenvalue weighted by atomic mass is 10.2. The lowest BCUT2D eigenvalue weighted by Gasteiger charge is -2.09. The van der Waals surface area contributed by atoms with Crippen LogP contribution in [0.4, 0.5) is 0 Å². The van der Waals surface area contributed by atoms with Gasteiger partial charge >= 0.3 is 0 Å². The van der Waals surface area contributed by atoms with E-state index in [-0.39, 0.29) is 5.56 Å². The van der Waals surface area contributed by atoms with Gasteiger partial charge in [-0.05, 0) is 35.4 Å². The Labute approximate surface area is 106 Å². The van der Waals surface area contributed by atoms with E-state index in [1.54, 1.807) is 6.07 Å². The Hall–Kier alpha value is -1.22. The van der Waals surface area contributed by atoms with Crippen molar-refractivity contribution in [3.05, 3.63) is 46.8 Å². The van der Waals surface area contributed by atoms with E-state index in [2.05, 4.69) is 6.92 Å². The summed E-state index contributed by atoms with van der Waals surface area (Å²) in [6, 6.07) is 11.6. The summed E-state index contributed by atoms with van der Waals surface area (Å²) in [5, 5.41) is 1.13. The number of aryl methyl sites for hydroxylation is 1. The van der Waals surface area contributed by atoms with Crippen LogP contribution in [0.1, 0.15) is 13.3 Å². The van der Waals surface area contributed by atoms with Crippen LogP contribution in [0.25, 0.3) is 10.9 Å². The molecule has 0 atom stereocenters. The molecule has 2 nitrogen and oxygen atoms in total. The Morgan fingerprint density at radius 1 is 1.18 bits per heavy atom. The van der Waals surface area contributed by atoms with Gasteiger partial charge in [0.2, 0.25) is 0 Å². The molecule has 17 heavy (non-hydrogen) atoms. The van der Waals surface area contributed by atoms with Gasteiger partial charge in [0.25, 0.3) is 5.56 Å². The molecule has 1 aromatic heterocycles. The van der Waals surface area contributed by atoms with Crippen LogP contribution >= 0.6 is 11.8 Å². The SMILES string of the molecule is CCSCCCn1c(=O)ccc2ccccc21. The van der Waals surface area contributed by atoms with Crippen LogP contribution in [-0.2, 0) is 6.54 Å². The number of hydrogen-bond acceptors (Lipinski definition) is 2. The van der Waals surface area contributed by atoms with Gasteiger partial charge in [-0.25, -0.2) is 0 Å². The lowest BCUT2D eigenvalue weighted by molar-refractivity contribution is 0.683. The van der Waals surface area contributed by atoms with Crippen LogP contribution in [0.3, 0.4) is 0 Å². The van der Waals surface area contributed by atoms with E-state index in [0.717, 1.165) is 35.4 Å². The van der Waals surface area contributed by atoms with Crippen molar-refractivity contribution < 1.29 is 0 Å². The average Bonchev–Trinajstić information content (AvgIpc) is 2.37. The molecule has 0 spiro atoms. The number of thioether (sulfide) groups is 1. The topological polar surface area (TPSA) is 22.0 Å². The third-order valence-corrected chi connectivity index (χ3v) is 3.76. The predicted octanol–water partition coefficient (Wildman–Crippen LogP) is 3.14. The van der Waals surface area contributed by atoms with Gasteiger partial charge in [0, 0.05) is 12.6 Å². The van der Waals surface area contributed by atoms with Crippen molar-refractivity contribution in [3.8, 4) is 0 Å². The molecule has 90 valence electrons. The Bertz CT molecular complexity index is 547. The standard InChI is InChI=1S/C14H17NOS/c1-2-17-11-5-10-15-13-7-4-3-6-12(13)8-9-14(15)16/h3-4,6-9H,2,5,10-11H2,1H3. The van der Waals surface area contributed by atoms with Gasteiger partial charge in [0.05, 0.1) is 5.52 Å². The molecule has 0 amide bonds. The van der Waals surface area contributed by atoms with Crippen molar-refractivity contribution >= 4 is 22.7 Å². The fourth-order valence-electron chi connectivity index (χ4n) is 1.94. The minimum Gasteiger partial charge on any atom is -0.308 e. The molecule has 2 rings (SSSR count). The summed E-state index contributed by atoms with van der Waals surface area (Å²) in [5.74, 6) is 2.26. The van der Waals surface area contributed by atoms with Crippen LogP contribution < -0.4 is 5.56 Å². The third kappa shape index (κ3) is 2.91. The number of fused-ring (bicyclic) bond motifs is 1. The molecule has 0 aliphatic carbocycles. The Morgan fingerprint density at radius 2 is 2.00 bits per heavy atom. The molecule has 0 aliphatic rings. The zero-order chi connectivity index (χ0) is 12.1. The molecule has 0 aliphatic heterocycles. The summed E-state index contributed by atoms with van der Waals surface area (Å²) in [5.41, 5.74) is 1.15. The summed E-state index contributed by atoms with van der Waals surface area (Å²) in [4.78, 5) is 11.9. The van der Waals surface area contributed by atoms with Crippen LogP contribution in [0.5, 0.6) is 0 Å². The third-order valence-electron chi connectivity index (χ3n) is 2.77. The normalized spacial score (nSPS) is 10.9. The molecule has 0 saturated heterocycles. The van der Waals surface area contributed by atoms with E-state index in [1.165, 1.54) is 0 Å². The molecule has 0 radical (unpaired) electrons. The first-order valence-electron chi connectivity index (χ1n) is 5.99. The van der Waals surface area contributed by atoms with Gasteiger partial charge in [-0.3, -0.25) is 4.79 Å². The van der Waals surface area contributed by atoms with Gasteiger partial charge in [0.15, 0.2) is 0 Å². The van der Waals surface area contributed by atoms with Crippen molar-refractivity contribution in [3.63, 3.8) is 0 Å². The molecule has 0 N–H and O–H groups in total. The highest BCUT2D eigenvalue weighted by Crippen LogP contribution is 2.12. The van der Waals surface area contributed by atoms with Crippen LogP contribution in [0, 0.1) is 0 Å². The summed E-state index contributed by atoms with van der Waals surface area (Å²) in [7, 11) is 0. The van der Waals surface area contributed by atoms with Crippen LogP contribution in [-0.4, -0.2) is 16.1 Å². The molecule has 1 aromatic carbocycles. The zero-order valence-corrected chi connectivity index (χ0v) is 10.9. The smallest absolute Gasteiger partial charge is 0.251 e. The van der Waals surface area contributed by atoms with Gasteiger partial charge in [-0.15, -0.1) is 0 Å². The van der Waals surface area contributed by atoms with Crippen molar-refractivity contribution in [2.24, 2.45) is 0 Å². The van der Waals surface area contributed by atoms with Crippen molar-refractivity contribution in [2.75, 3.05) is 11.5 Å². The van der Waals surface area contributed by atoms with Crippen molar-refractivity contribution in [1.82, 2.24) is 4.57 Å². The molecular weight excluding hydrogens is 230 g/mol. The maximum atomic E-state index is 11.9. The highest BCUT2D eigenvalue weighted by Gasteiger charge is 2.01. The lowest BCUT2D eigenvalue weighted by Crippen LogP contribution is -2.19. The maximum Gasteiger partial charge on any atom is 0.251 e. The maximum absolute atomic E-state index is 11.9. The summed E-state index contributed by atoms with van der Waals surface area (Å²) in [6.07, 6.45) is 1.05. The second kappa shape index (κ2) is 5.92. The summed E-state index contributed by atoms with van der Waals surface area (Å²) < 4.78 is 1.88. The van der Waals surface area contributed by atoms with E-state index in [1.807, 2.05) is 46.7 Å². The highest BCUT2D eigenvalue weighted by atomic mass is 32.2.